The summed E-state index contributed by atoms with van der Waals surface area (Å²) in [4.78, 5) is 41.0. The topological polar surface area (TPSA) is 71.4 Å². The van der Waals surface area contributed by atoms with Gasteiger partial charge < -0.3 is 9.38 Å². The number of hydrogen-bond donors (Lipinski definition) is 1. The van der Waals surface area contributed by atoms with Crippen molar-refractivity contribution in [2.24, 2.45) is 5.41 Å². The van der Waals surface area contributed by atoms with Crippen molar-refractivity contribution in [2.75, 3.05) is 0 Å². The molecule has 0 aliphatic heterocycles. The molecule has 0 bridgehead atoms. The highest BCUT2D eigenvalue weighted by Gasteiger charge is 2.21. The van der Waals surface area contributed by atoms with Crippen LogP contribution >= 0.6 is 11.3 Å². The summed E-state index contributed by atoms with van der Waals surface area (Å²) in [5, 5.41) is 0. The van der Waals surface area contributed by atoms with Gasteiger partial charge in [-0.2, -0.15) is 0 Å². The zero-order chi connectivity index (χ0) is 23.9. The maximum atomic E-state index is 13.3. The van der Waals surface area contributed by atoms with Gasteiger partial charge in [0.1, 0.15) is 5.82 Å². The SMILES string of the molecule is Cc1c(/C=c2/s/c(=C/C(=O)C(C)(C)C)[nH]c2=O)c2ccccn2c1C(=O)c1ccc(F)cc1. The Balaban J connectivity index is 1.90. The van der Waals surface area contributed by atoms with E-state index in [2.05, 4.69) is 4.98 Å². The van der Waals surface area contributed by atoms with Gasteiger partial charge in [-0.05, 0) is 55.0 Å². The number of pyridine rings is 1. The van der Waals surface area contributed by atoms with Crippen LogP contribution in [-0.4, -0.2) is 21.0 Å². The first-order valence-electron chi connectivity index (χ1n) is 10.4. The molecule has 0 atom stereocenters. The normalized spacial score (nSPS) is 13.1. The van der Waals surface area contributed by atoms with E-state index in [-0.39, 0.29) is 17.1 Å². The zero-order valence-corrected chi connectivity index (χ0v) is 19.5. The molecule has 0 saturated heterocycles. The fraction of sp³-hybridized carbons (Fsp3) is 0.192. The summed E-state index contributed by atoms with van der Waals surface area (Å²) in [6, 6.07) is 11.0. The van der Waals surface area contributed by atoms with Crippen LogP contribution in [-0.2, 0) is 4.79 Å². The Hall–Kier alpha value is -3.58. The van der Waals surface area contributed by atoms with E-state index in [1.807, 2.05) is 45.9 Å². The molecule has 33 heavy (non-hydrogen) atoms. The average Bonchev–Trinajstić information content (AvgIpc) is 3.24. The van der Waals surface area contributed by atoms with Crippen LogP contribution in [0.3, 0.4) is 0 Å². The number of H-pyrrole nitrogens is 1. The molecule has 3 heterocycles. The average molecular weight is 463 g/mol. The summed E-state index contributed by atoms with van der Waals surface area (Å²) in [7, 11) is 0. The lowest BCUT2D eigenvalue weighted by Gasteiger charge is -2.12. The number of nitrogens with one attached hydrogen (secondary N) is 1. The van der Waals surface area contributed by atoms with Crippen LogP contribution in [0, 0.1) is 18.2 Å². The number of Topliss-reactive ketones (excluding diaryl/α,β-unsaturated/α-hetero) is 1. The van der Waals surface area contributed by atoms with E-state index in [1.54, 1.807) is 16.7 Å². The van der Waals surface area contributed by atoms with Crippen LogP contribution in [0.15, 0.2) is 53.5 Å². The van der Waals surface area contributed by atoms with Crippen molar-refractivity contribution in [1.82, 2.24) is 9.38 Å². The van der Waals surface area contributed by atoms with Crippen molar-refractivity contribution in [3.63, 3.8) is 0 Å². The Bertz CT molecular complexity index is 1560. The Morgan fingerprint density at radius 1 is 1.09 bits per heavy atom. The zero-order valence-electron chi connectivity index (χ0n) is 18.7. The van der Waals surface area contributed by atoms with Crippen LogP contribution in [0.5, 0.6) is 0 Å². The van der Waals surface area contributed by atoms with Gasteiger partial charge in [0.2, 0.25) is 5.78 Å². The molecule has 0 aliphatic carbocycles. The summed E-state index contributed by atoms with van der Waals surface area (Å²) in [5.74, 6) is -0.728. The number of carbonyl (C=O) groups is 2. The number of aromatic nitrogens is 2. The molecule has 0 radical (unpaired) electrons. The molecule has 0 spiro atoms. The van der Waals surface area contributed by atoms with Crippen LogP contribution in [0.1, 0.15) is 48.0 Å². The largest absolute Gasteiger partial charge is 0.313 e. The van der Waals surface area contributed by atoms with Gasteiger partial charge in [-0.3, -0.25) is 14.4 Å². The quantitative estimate of drug-likeness (QED) is 0.471. The fourth-order valence-corrected chi connectivity index (χ4v) is 4.42. The molecule has 0 aliphatic rings. The molecule has 1 aromatic carbocycles. The van der Waals surface area contributed by atoms with Gasteiger partial charge in [-0.1, -0.05) is 26.8 Å². The minimum absolute atomic E-state index is 0.0794. The number of carbonyl (C=O) groups excluding carboxylic acids is 2. The smallest absolute Gasteiger partial charge is 0.266 e. The van der Waals surface area contributed by atoms with E-state index in [0.717, 1.165) is 11.1 Å². The van der Waals surface area contributed by atoms with Gasteiger partial charge in [0.05, 0.1) is 20.4 Å². The molecule has 0 unspecified atom stereocenters. The first-order chi connectivity index (χ1) is 15.6. The highest BCUT2D eigenvalue weighted by Crippen LogP contribution is 2.26. The minimum atomic E-state index is -0.546. The first-order valence-corrected chi connectivity index (χ1v) is 11.2. The van der Waals surface area contributed by atoms with Crippen molar-refractivity contribution in [3.8, 4) is 0 Å². The molecular weight excluding hydrogens is 439 g/mol. The lowest BCUT2D eigenvalue weighted by molar-refractivity contribution is -0.119. The number of nitrogens with zero attached hydrogens (tertiary/aromatic N) is 1. The summed E-state index contributed by atoms with van der Waals surface area (Å²) in [5.41, 5.74) is 2.20. The monoisotopic (exact) mass is 462 g/mol. The second kappa shape index (κ2) is 8.41. The van der Waals surface area contributed by atoms with E-state index < -0.39 is 11.2 Å². The van der Waals surface area contributed by atoms with Gasteiger partial charge >= 0.3 is 0 Å². The molecular formula is C26H23FN2O3S. The second-order valence-electron chi connectivity index (χ2n) is 8.87. The van der Waals surface area contributed by atoms with Crippen LogP contribution < -0.4 is 14.8 Å². The maximum absolute atomic E-state index is 13.3. The predicted octanol–water partition coefficient (Wildman–Crippen LogP) is 3.59. The number of thiazole rings is 1. The van der Waals surface area contributed by atoms with Crippen molar-refractivity contribution < 1.29 is 14.0 Å². The number of halogens is 1. The number of ketones is 2. The van der Waals surface area contributed by atoms with Crippen molar-refractivity contribution in [2.45, 2.75) is 27.7 Å². The van der Waals surface area contributed by atoms with E-state index in [4.69, 9.17) is 0 Å². The summed E-state index contributed by atoms with van der Waals surface area (Å²) in [6.07, 6.45) is 4.99. The first kappa shape index (κ1) is 22.6. The highest BCUT2D eigenvalue weighted by atomic mass is 32.1. The highest BCUT2D eigenvalue weighted by molar-refractivity contribution is 7.07. The van der Waals surface area contributed by atoms with Crippen molar-refractivity contribution >= 4 is 40.6 Å². The molecule has 4 rings (SSSR count). The van der Waals surface area contributed by atoms with Gasteiger partial charge in [0.15, 0.2) is 5.78 Å². The number of fused-ring (bicyclic) bond motifs is 1. The van der Waals surface area contributed by atoms with Crippen LogP contribution in [0.2, 0.25) is 0 Å². The number of aromatic amines is 1. The Morgan fingerprint density at radius 3 is 2.45 bits per heavy atom. The Morgan fingerprint density at radius 2 is 1.79 bits per heavy atom. The third kappa shape index (κ3) is 4.36. The number of rotatable bonds is 4. The lowest BCUT2D eigenvalue weighted by Crippen LogP contribution is -2.22. The van der Waals surface area contributed by atoms with E-state index in [9.17, 15) is 18.8 Å². The minimum Gasteiger partial charge on any atom is -0.313 e. The molecule has 4 aromatic rings. The third-order valence-electron chi connectivity index (χ3n) is 5.41. The molecule has 0 fully saturated rings. The van der Waals surface area contributed by atoms with Crippen molar-refractivity contribution in [1.29, 1.82) is 0 Å². The molecule has 5 nitrogen and oxygen atoms in total. The van der Waals surface area contributed by atoms with Crippen LogP contribution in [0.4, 0.5) is 4.39 Å². The van der Waals surface area contributed by atoms with Gasteiger partial charge in [0, 0.05) is 28.8 Å². The third-order valence-corrected chi connectivity index (χ3v) is 6.38. The van der Waals surface area contributed by atoms with Crippen molar-refractivity contribution in [3.05, 3.63) is 96.4 Å². The van der Waals surface area contributed by atoms with E-state index in [0.29, 0.717) is 26.0 Å². The van der Waals surface area contributed by atoms with Gasteiger partial charge in [-0.15, -0.1) is 11.3 Å². The maximum Gasteiger partial charge on any atom is 0.266 e. The molecule has 3 aromatic heterocycles. The molecule has 7 heteroatoms. The fourth-order valence-electron chi connectivity index (χ4n) is 3.55. The van der Waals surface area contributed by atoms with Crippen LogP contribution in [0.25, 0.3) is 17.7 Å². The second-order valence-corrected chi connectivity index (χ2v) is 9.95. The summed E-state index contributed by atoms with van der Waals surface area (Å²) < 4.78 is 16.0. The molecule has 0 saturated carbocycles. The van der Waals surface area contributed by atoms with E-state index in [1.165, 1.54) is 41.7 Å². The molecule has 1 N–H and O–H groups in total. The van der Waals surface area contributed by atoms with Gasteiger partial charge in [-0.25, -0.2) is 4.39 Å². The van der Waals surface area contributed by atoms with E-state index >= 15 is 0 Å². The standard InChI is InChI=1S/C26H23FN2O3S/c1-15-18(13-20-25(32)28-22(33-20)14-21(30)26(2,3)4)19-7-5-6-12-29(19)23(15)24(31)16-8-10-17(27)11-9-16/h5-14H,1-4H3,(H,28,32)/b20-13+,22-14+. The van der Waals surface area contributed by atoms with Gasteiger partial charge in [0.25, 0.3) is 5.56 Å². The Labute approximate surface area is 193 Å². The lowest BCUT2D eigenvalue weighted by atomic mass is 9.91. The summed E-state index contributed by atoms with van der Waals surface area (Å²) >= 11 is 1.20. The molecule has 0 amide bonds. The Kier molecular flexibility index (Phi) is 5.76. The summed E-state index contributed by atoms with van der Waals surface area (Å²) in [6.45, 7) is 7.29. The number of hydrogen-bond acceptors (Lipinski definition) is 4. The molecule has 168 valence electrons. The number of benzene rings is 1. The predicted molar refractivity (Wildman–Crippen MR) is 129 cm³/mol.